The van der Waals surface area contributed by atoms with Crippen LogP contribution in [0.25, 0.3) is 11.1 Å². The zero-order valence-corrected chi connectivity index (χ0v) is 9.61. The summed E-state index contributed by atoms with van der Waals surface area (Å²) in [6.45, 7) is 0.382. The molecule has 2 N–H and O–H groups in total. The van der Waals surface area contributed by atoms with E-state index in [4.69, 9.17) is 10.5 Å². The Morgan fingerprint density at radius 1 is 1.12 bits per heavy atom. The molecule has 0 amide bonds. The van der Waals surface area contributed by atoms with Crippen LogP contribution in [-0.2, 0) is 6.54 Å². The number of halogens is 1. The number of rotatable bonds is 3. The maximum atomic E-state index is 13.8. The maximum absolute atomic E-state index is 13.8. The van der Waals surface area contributed by atoms with Crippen molar-refractivity contribution in [2.24, 2.45) is 5.73 Å². The van der Waals surface area contributed by atoms with E-state index in [-0.39, 0.29) is 5.82 Å². The second-order valence-corrected chi connectivity index (χ2v) is 3.71. The molecule has 0 spiro atoms. The number of hydrogen-bond acceptors (Lipinski definition) is 2. The molecule has 0 aliphatic carbocycles. The van der Waals surface area contributed by atoms with Crippen molar-refractivity contribution in [2.45, 2.75) is 6.54 Å². The molecule has 88 valence electrons. The molecule has 0 radical (unpaired) electrons. The summed E-state index contributed by atoms with van der Waals surface area (Å²) >= 11 is 0. The van der Waals surface area contributed by atoms with Crippen LogP contribution in [-0.4, -0.2) is 7.11 Å². The summed E-state index contributed by atoms with van der Waals surface area (Å²) in [6.07, 6.45) is 0. The molecule has 2 nitrogen and oxygen atoms in total. The van der Waals surface area contributed by atoms with Gasteiger partial charge in [-0.2, -0.15) is 0 Å². The molecule has 17 heavy (non-hydrogen) atoms. The quantitative estimate of drug-likeness (QED) is 0.881. The zero-order valence-electron chi connectivity index (χ0n) is 9.61. The first-order chi connectivity index (χ1) is 8.26. The van der Waals surface area contributed by atoms with Gasteiger partial charge in [-0.25, -0.2) is 4.39 Å². The van der Waals surface area contributed by atoms with Crippen molar-refractivity contribution in [3.05, 3.63) is 53.8 Å². The molecule has 0 fully saturated rings. The first-order valence-corrected chi connectivity index (χ1v) is 5.38. The summed E-state index contributed by atoms with van der Waals surface area (Å²) in [5, 5.41) is 0. The SMILES string of the molecule is COc1ccc(F)c(-c2ccccc2CN)c1. The fourth-order valence-electron chi connectivity index (χ4n) is 1.80. The summed E-state index contributed by atoms with van der Waals surface area (Å²) in [7, 11) is 1.56. The second-order valence-electron chi connectivity index (χ2n) is 3.71. The Bertz CT molecular complexity index is 525. The van der Waals surface area contributed by atoms with E-state index in [1.54, 1.807) is 19.2 Å². The predicted molar refractivity (Wildman–Crippen MR) is 66.3 cm³/mol. The minimum Gasteiger partial charge on any atom is -0.497 e. The Kier molecular flexibility index (Phi) is 3.40. The summed E-state index contributed by atoms with van der Waals surface area (Å²) < 4.78 is 18.9. The van der Waals surface area contributed by atoms with Gasteiger partial charge in [0.1, 0.15) is 11.6 Å². The lowest BCUT2D eigenvalue weighted by Gasteiger charge is -2.10. The highest BCUT2D eigenvalue weighted by atomic mass is 19.1. The Labute approximate surface area is 99.8 Å². The van der Waals surface area contributed by atoms with Gasteiger partial charge >= 0.3 is 0 Å². The third-order valence-electron chi connectivity index (χ3n) is 2.70. The first kappa shape index (κ1) is 11.6. The van der Waals surface area contributed by atoms with Gasteiger partial charge in [-0.05, 0) is 29.3 Å². The standard InChI is InChI=1S/C14H14FNO/c1-17-11-6-7-14(15)13(8-11)12-5-3-2-4-10(12)9-16/h2-8H,9,16H2,1H3. The first-order valence-electron chi connectivity index (χ1n) is 5.38. The monoisotopic (exact) mass is 231 g/mol. The molecule has 0 aromatic heterocycles. The lowest BCUT2D eigenvalue weighted by Crippen LogP contribution is -1.99. The molecule has 0 saturated heterocycles. The van der Waals surface area contributed by atoms with Gasteiger partial charge in [0.15, 0.2) is 0 Å². The molecule has 0 atom stereocenters. The highest BCUT2D eigenvalue weighted by Gasteiger charge is 2.09. The fourth-order valence-corrected chi connectivity index (χ4v) is 1.80. The van der Waals surface area contributed by atoms with Crippen molar-refractivity contribution in [2.75, 3.05) is 7.11 Å². The van der Waals surface area contributed by atoms with Crippen molar-refractivity contribution in [1.82, 2.24) is 0 Å². The van der Waals surface area contributed by atoms with Crippen LogP contribution < -0.4 is 10.5 Å². The Morgan fingerprint density at radius 3 is 2.59 bits per heavy atom. The van der Waals surface area contributed by atoms with Crippen LogP contribution in [0.1, 0.15) is 5.56 Å². The second kappa shape index (κ2) is 4.97. The largest absolute Gasteiger partial charge is 0.497 e. The summed E-state index contributed by atoms with van der Waals surface area (Å²) in [4.78, 5) is 0. The molecule has 2 rings (SSSR count). The highest BCUT2D eigenvalue weighted by Crippen LogP contribution is 2.29. The van der Waals surface area contributed by atoms with Gasteiger partial charge in [-0.15, -0.1) is 0 Å². The van der Waals surface area contributed by atoms with Crippen LogP contribution in [0.3, 0.4) is 0 Å². The van der Waals surface area contributed by atoms with Crippen LogP contribution in [0.2, 0.25) is 0 Å². The summed E-state index contributed by atoms with van der Waals surface area (Å²) in [6, 6.07) is 12.2. The van der Waals surface area contributed by atoms with Gasteiger partial charge in [0.2, 0.25) is 0 Å². The van der Waals surface area contributed by atoms with E-state index in [2.05, 4.69) is 0 Å². The van der Waals surface area contributed by atoms with E-state index in [0.29, 0.717) is 17.9 Å². The summed E-state index contributed by atoms with van der Waals surface area (Å²) in [5.74, 6) is 0.361. The highest BCUT2D eigenvalue weighted by molar-refractivity contribution is 5.69. The normalized spacial score (nSPS) is 10.3. The number of ether oxygens (including phenoxy) is 1. The van der Waals surface area contributed by atoms with Gasteiger partial charge < -0.3 is 10.5 Å². The lowest BCUT2D eigenvalue weighted by molar-refractivity contribution is 0.414. The van der Waals surface area contributed by atoms with Gasteiger partial charge in [-0.3, -0.25) is 0 Å². The van der Waals surface area contributed by atoms with Crippen molar-refractivity contribution in [3.63, 3.8) is 0 Å². The number of nitrogens with two attached hydrogens (primary N) is 1. The molecule has 3 heteroatoms. The Hall–Kier alpha value is -1.87. The number of benzene rings is 2. The molecule has 2 aromatic carbocycles. The third kappa shape index (κ3) is 2.29. The van der Waals surface area contributed by atoms with E-state index in [1.807, 2.05) is 24.3 Å². The number of hydrogen-bond donors (Lipinski definition) is 1. The molecular weight excluding hydrogens is 217 g/mol. The van der Waals surface area contributed by atoms with Gasteiger partial charge in [0.05, 0.1) is 7.11 Å². The third-order valence-corrected chi connectivity index (χ3v) is 2.70. The van der Waals surface area contributed by atoms with Crippen LogP contribution in [0.4, 0.5) is 4.39 Å². The van der Waals surface area contributed by atoms with E-state index in [9.17, 15) is 4.39 Å². The van der Waals surface area contributed by atoms with Gasteiger partial charge in [0, 0.05) is 12.1 Å². The van der Waals surface area contributed by atoms with Crippen LogP contribution in [0, 0.1) is 5.82 Å². The minimum absolute atomic E-state index is 0.272. The predicted octanol–water partition coefficient (Wildman–Crippen LogP) is 2.96. The van der Waals surface area contributed by atoms with Crippen LogP contribution in [0.15, 0.2) is 42.5 Å². The van der Waals surface area contributed by atoms with E-state index >= 15 is 0 Å². The smallest absolute Gasteiger partial charge is 0.131 e. The molecule has 0 bridgehead atoms. The molecule has 0 unspecified atom stereocenters. The molecule has 0 aliphatic rings. The molecule has 2 aromatic rings. The minimum atomic E-state index is -0.272. The van der Waals surface area contributed by atoms with Crippen molar-refractivity contribution in [1.29, 1.82) is 0 Å². The molecule has 0 heterocycles. The zero-order chi connectivity index (χ0) is 12.3. The van der Waals surface area contributed by atoms with E-state index in [0.717, 1.165) is 11.1 Å². The summed E-state index contributed by atoms with van der Waals surface area (Å²) in [5.41, 5.74) is 7.90. The van der Waals surface area contributed by atoms with Crippen molar-refractivity contribution >= 4 is 0 Å². The Morgan fingerprint density at radius 2 is 1.88 bits per heavy atom. The average molecular weight is 231 g/mol. The van der Waals surface area contributed by atoms with Crippen molar-refractivity contribution in [3.8, 4) is 16.9 Å². The van der Waals surface area contributed by atoms with E-state index in [1.165, 1.54) is 6.07 Å². The topological polar surface area (TPSA) is 35.2 Å². The molecule has 0 aliphatic heterocycles. The van der Waals surface area contributed by atoms with Gasteiger partial charge in [-0.1, -0.05) is 24.3 Å². The average Bonchev–Trinajstić information content (AvgIpc) is 2.39. The number of methoxy groups -OCH3 is 1. The lowest BCUT2D eigenvalue weighted by atomic mass is 9.99. The van der Waals surface area contributed by atoms with E-state index < -0.39 is 0 Å². The maximum Gasteiger partial charge on any atom is 0.131 e. The molecular formula is C14H14FNO. The fraction of sp³-hybridized carbons (Fsp3) is 0.143. The Balaban J connectivity index is 2.59. The van der Waals surface area contributed by atoms with Gasteiger partial charge in [0.25, 0.3) is 0 Å². The van der Waals surface area contributed by atoms with Crippen LogP contribution >= 0.6 is 0 Å². The molecule has 0 saturated carbocycles. The van der Waals surface area contributed by atoms with Crippen LogP contribution in [0.5, 0.6) is 5.75 Å². The van der Waals surface area contributed by atoms with Crippen molar-refractivity contribution < 1.29 is 9.13 Å².